The molecule has 0 fully saturated rings. The van der Waals surface area contributed by atoms with E-state index in [-0.39, 0.29) is 43.1 Å². The van der Waals surface area contributed by atoms with Gasteiger partial charge in [-0.25, -0.2) is 8.78 Å². The maximum absolute atomic E-state index is 13.3. The summed E-state index contributed by atoms with van der Waals surface area (Å²) in [6, 6.07) is -0.387. The van der Waals surface area contributed by atoms with Gasteiger partial charge < -0.3 is 14.4 Å². The lowest BCUT2D eigenvalue weighted by Crippen LogP contribution is -2.25. The molecule has 2 aliphatic rings. The number of halogens is 2. The fraction of sp³-hybridized carbons (Fsp3) is 0.533. The number of carbonyl (C=O) groups is 1. The number of allylic oxidation sites excluding steroid dienone is 4. The SMILES string of the molecule is CN1OC(COCCC2C=C(F)CC=C(F)C2)=CC1C=O. The Balaban J connectivity index is 1.71. The molecule has 0 aromatic carbocycles. The fourth-order valence-electron chi connectivity index (χ4n) is 2.29. The van der Waals surface area contributed by atoms with Gasteiger partial charge in [-0.05, 0) is 30.6 Å². The van der Waals surface area contributed by atoms with E-state index >= 15 is 0 Å². The molecule has 1 heterocycles. The van der Waals surface area contributed by atoms with Crippen LogP contribution in [-0.2, 0) is 14.4 Å². The van der Waals surface area contributed by atoms with Crippen molar-refractivity contribution in [1.29, 1.82) is 0 Å². The Hall–Kier alpha value is -1.53. The summed E-state index contributed by atoms with van der Waals surface area (Å²) in [5.74, 6) is -0.193. The Kier molecular flexibility index (Phi) is 5.64. The summed E-state index contributed by atoms with van der Waals surface area (Å²) in [5, 5.41) is 1.44. The van der Waals surface area contributed by atoms with E-state index in [1.807, 2.05) is 0 Å². The van der Waals surface area contributed by atoms with E-state index < -0.39 is 0 Å². The second-order valence-electron chi connectivity index (χ2n) is 5.17. The van der Waals surface area contributed by atoms with Crippen molar-refractivity contribution in [2.24, 2.45) is 5.92 Å². The largest absolute Gasteiger partial charge is 0.407 e. The lowest BCUT2D eigenvalue weighted by molar-refractivity contribution is -0.130. The van der Waals surface area contributed by atoms with E-state index in [4.69, 9.17) is 9.57 Å². The molecule has 2 rings (SSSR count). The summed E-state index contributed by atoms with van der Waals surface area (Å²) >= 11 is 0. The number of hydrogen-bond donors (Lipinski definition) is 0. The van der Waals surface area contributed by atoms with Gasteiger partial charge >= 0.3 is 0 Å². The number of nitrogens with zero attached hydrogens (tertiary/aromatic N) is 1. The van der Waals surface area contributed by atoms with Crippen LogP contribution in [0.15, 0.2) is 35.6 Å². The molecule has 0 bridgehead atoms. The first-order valence-electron chi connectivity index (χ1n) is 6.93. The third-order valence-electron chi connectivity index (χ3n) is 3.45. The van der Waals surface area contributed by atoms with Crippen molar-refractivity contribution in [1.82, 2.24) is 5.06 Å². The number of likely N-dealkylation sites (N-methyl/N-ethyl adjacent to an activating group) is 1. The van der Waals surface area contributed by atoms with Gasteiger partial charge in [0.25, 0.3) is 0 Å². The Bertz CT molecular complexity index is 474. The van der Waals surface area contributed by atoms with Crippen LogP contribution in [0.3, 0.4) is 0 Å². The molecule has 0 spiro atoms. The van der Waals surface area contributed by atoms with Crippen LogP contribution >= 0.6 is 0 Å². The summed E-state index contributed by atoms with van der Waals surface area (Å²) in [4.78, 5) is 16.0. The zero-order chi connectivity index (χ0) is 15.2. The maximum atomic E-state index is 13.3. The molecular formula is C15H19F2NO3. The van der Waals surface area contributed by atoms with E-state index in [1.165, 1.54) is 17.2 Å². The standard InChI is InChI=1S/C15H19F2NO3/c1-18-14(9-19)8-15(21-18)10-20-5-4-11-6-12(16)2-3-13(17)7-11/h2,7-9,11,14H,3-6,10H2,1H3. The Morgan fingerprint density at radius 2 is 2.24 bits per heavy atom. The van der Waals surface area contributed by atoms with E-state index in [1.54, 1.807) is 13.1 Å². The first-order valence-corrected chi connectivity index (χ1v) is 6.93. The molecule has 0 aromatic rings. The lowest BCUT2D eigenvalue weighted by Gasteiger charge is -2.14. The third-order valence-corrected chi connectivity index (χ3v) is 3.45. The molecule has 0 N–H and O–H groups in total. The van der Waals surface area contributed by atoms with Crippen molar-refractivity contribution in [3.05, 3.63) is 35.6 Å². The summed E-state index contributed by atoms with van der Waals surface area (Å²) in [7, 11) is 1.66. The molecule has 2 unspecified atom stereocenters. The third kappa shape index (κ3) is 4.75. The van der Waals surface area contributed by atoms with Gasteiger partial charge in [-0.1, -0.05) is 0 Å². The van der Waals surface area contributed by atoms with Crippen LogP contribution in [0, 0.1) is 5.92 Å². The lowest BCUT2D eigenvalue weighted by atomic mass is 10.0. The molecule has 6 heteroatoms. The van der Waals surface area contributed by atoms with Crippen LogP contribution in [0.1, 0.15) is 19.3 Å². The smallest absolute Gasteiger partial charge is 0.148 e. The first kappa shape index (κ1) is 15.9. The quantitative estimate of drug-likeness (QED) is 0.558. The zero-order valence-corrected chi connectivity index (χ0v) is 11.9. The average molecular weight is 299 g/mol. The molecule has 0 aromatic heterocycles. The molecule has 1 aliphatic heterocycles. The van der Waals surface area contributed by atoms with Crippen molar-refractivity contribution in [2.45, 2.75) is 25.3 Å². The number of aldehydes is 1. The predicted molar refractivity (Wildman–Crippen MR) is 73.3 cm³/mol. The molecule has 0 saturated heterocycles. The monoisotopic (exact) mass is 299 g/mol. The van der Waals surface area contributed by atoms with E-state index in [0.29, 0.717) is 18.8 Å². The first-order chi connectivity index (χ1) is 10.1. The Morgan fingerprint density at radius 3 is 2.95 bits per heavy atom. The molecule has 0 saturated carbocycles. The van der Waals surface area contributed by atoms with Gasteiger partial charge in [-0.3, -0.25) is 0 Å². The maximum Gasteiger partial charge on any atom is 0.148 e. The molecular weight excluding hydrogens is 280 g/mol. The normalized spacial score (nSPS) is 26.5. The van der Waals surface area contributed by atoms with Crippen molar-refractivity contribution in [3.8, 4) is 0 Å². The second kappa shape index (κ2) is 7.47. The van der Waals surface area contributed by atoms with Gasteiger partial charge in [0.15, 0.2) is 0 Å². The zero-order valence-electron chi connectivity index (χ0n) is 11.9. The highest BCUT2D eigenvalue weighted by atomic mass is 19.1. The van der Waals surface area contributed by atoms with E-state index in [2.05, 4.69) is 0 Å². The minimum atomic E-state index is -0.387. The van der Waals surface area contributed by atoms with Gasteiger partial charge in [-0.2, -0.15) is 0 Å². The number of rotatable bonds is 6. The van der Waals surface area contributed by atoms with Crippen LogP contribution in [0.4, 0.5) is 8.78 Å². The Morgan fingerprint density at radius 1 is 1.43 bits per heavy atom. The summed E-state index contributed by atoms with van der Waals surface area (Å²) in [6.45, 7) is 0.615. The summed E-state index contributed by atoms with van der Waals surface area (Å²) < 4.78 is 32.0. The van der Waals surface area contributed by atoms with Crippen molar-refractivity contribution >= 4 is 6.29 Å². The van der Waals surface area contributed by atoms with E-state index in [0.717, 1.165) is 6.29 Å². The van der Waals surface area contributed by atoms with Gasteiger partial charge in [0, 0.05) is 26.5 Å². The predicted octanol–water partition coefficient (Wildman–Crippen LogP) is 2.84. The highest BCUT2D eigenvalue weighted by Gasteiger charge is 2.22. The molecule has 21 heavy (non-hydrogen) atoms. The minimum Gasteiger partial charge on any atom is -0.407 e. The highest BCUT2D eigenvalue weighted by Crippen LogP contribution is 2.26. The molecule has 116 valence electrons. The topological polar surface area (TPSA) is 38.8 Å². The van der Waals surface area contributed by atoms with E-state index in [9.17, 15) is 13.6 Å². The van der Waals surface area contributed by atoms with Gasteiger partial charge in [0.1, 0.15) is 30.5 Å². The molecule has 0 amide bonds. The van der Waals surface area contributed by atoms with Crippen LogP contribution < -0.4 is 0 Å². The molecule has 0 radical (unpaired) electrons. The van der Waals surface area contributed by atoms with Crippen LogP contribution in [0.2, 0.25) is 0 Å². The minimum absolute atomic E-state index is 0.0311. The Labute approximate surface area is 122 Å². The number of hydroxylamine groups is 2. The summed E-state index contributed by atoms with van der Waals surface area (Å²) in [5.41, 5.74) is 0. The fourth-order valence-corrected chi connectivity index (χ4v) is 2.29. The molecule has 2 atom stereocenters. The average Bonchev–Trinajstić information content (AvgIpc) is 2.72. The van der Waals surface area contributed by atoms with Crippen LogP contribution in [0.5, 0.6) is 0 Å². The highest BCUT2D eigenvalue weighted by molar-refractivity contribution is 5.61. The van der Waals surface area contributed by atoms with Gasteiger partial charge in [-0.15, -0.1) is 5.06 Å². The summed E-state index contributed by atoms with van der Waals surface area (Å²) in [6.07, 6.45) is 5.99. The molecule has 4 nitrogen and oxygen atoms in total. The number of ether oxygens (including phenoxy) is 1. The molecule has 1 aliphatic carbocycles. The van der Waals surface area contributed by atoms with Gasteiger partial charge in [0.2, 0.25) is 0 Å². The second-order valence-corrected chi connectivity index (χ2v) is 5.17. The van der Waals surface area contributed by atoms with Crippen molar-refractivity contribution in [3.63, 3.8) is 0 Å². The van der Waals surface area contributed by atoms with Crippen LogP contribution in [-0.4, -0.2) is 37.7 Å². The van der Waals surface area contributed by atoms with Crippen molar-refractivity contribution in [2.75, 3.05) is 20.3 Å². The van der Waals surface area contributed by atoms with Crippen molar-refractivity contribution < 1.29 is 23.1 Å². The number of carbonyl (C=O) groups excluding carboxylic acids is 1. The number of hydrogen-bond acceptors (Lipinski definition) is 4. The van der Waals surface area contributed by atoms with Gasteiger partial charge in [0.05, 0.1) is 5.83 Å². The van der Waals surface area contributed by atoms with Crippen LogP contribution in [0.25, 0.3) is 0 Å².